The predicted molar refractivity (Wildman–Crippen MR) is 314 cm³/mol. The average molecular weight is 1160 g/mol. The van der Waals surface area contributed by atoms with Crippen molar-refractivity contribution in [2.45, 2.75) is 134 Å². The Morgan fingerprint density at radius 3 is 2.31 bits per heavy atom. The van der Waals surface area contributed by atoms with Crippen molar-refractivity contribution in [3.05, 3.63) is 76.3 Å². The van der Waals surface area contributed by atoms with Crippen LogP contribution in [-0.4, -0.2) is 173 Å². The molecule has 12 rings (SSSR count). The van der Waals surface area contributed by atoms with E-state index in [4.69, 9.17) is 38.6 Å². The number of imide groups is 1. The number of nitrogens with zero attached hydrogens (tertiary/aromatic N) is 10. The zero-order valence-electron chi connectivity index (χ0n) is 49.2. The first-order valence-corrected chi connectivity index (χ1v) is 29.9. The van der Waals surface area contributed by atoms with Crippen LogP contribution in [-0.2, 0) is 37.3 Å². The number of ether oxygens (including phenoxy) is 5. The number of likely N-dealkylation sites (N-methyl/N-ethyl adjacent to an activating group) is 1. The molecule has 2 bridgehead atoms. The molecule has 0 radical (unpaired) electrons. The summed E-state index contributed by atoms with van der Waals surface area (Å²) in [6.07, 6.45) is 8.61. The predicted octanol–water partition coefficient (Wildman–Crippen LogP) is 7.74. The third-order valence-electron chi connectivity index (χ3n) is 18.2. The van der Waals surface area contributed by atoms with Gasteiger partial charge >= 0.3 is 17.8 Å². The van der Waals surface area contributed by atoms with E-state index < -0.39 is 29.2 Å². The Balaban J connectivity index is 0.699. The van der Waals surface area contributed by atoms with Gasteiger partial charge in [0.05, 0.1) is 40.7 Å². The first-order chi connectivity index (χ1) is 40.4. The minimum atomic E-state index is -0.711. The van der Waals surface area contributed by atoms with Crippen LogP contribution in [0.25, 0.3) is 44.0 Å². The largest absolute Gasteiger partial charge is 0.468 e. The quantitative estimate of drug-likeness (QED) is 0.0775. The van der Waals surface area contributed by atoms with Crippen molar-refractivity contribution < 1.29 is 46.8 Å². The van der Waals surface area contributed by atoms with E-state index in [-0.39, 0.29) is 85.1 Å². The first-order valence-electron chi connectivity index (χ1n) is 29.9. The van der Waals surface area contributed by atoms with Crippen LogP contribution in [0, 0.1) is 17.6 Å². The Morgan fingerprint density at radius 2 is 1.60 bits per heavy atom. The molecule has 6 aliphatic heterocycles. The number of anilines is 2. The van der Waals surface area contributed by atoms with Gasteiger partial charge in [0, 0.05) is 96.4 Å². The molecule has 0 spiro atoms. The lowest BCUT2D eigenvalue weighted by atomic mass is 9.94. The maximum atomic E-state index is 17.7. The molecule has 3 unspecified atom stereocenters. The summed E-state index contributed by atoms with van der Waals surface area (Å²) in [5.41, 5.74) is 2.38. The van der Waals surface area contributed by atoms with Crippen molar-refractivity contribution in [3.63, 3.8) is 0 Å². The lowest BCUT2D eigenvalue weighted by Crippen LogP contribution is -2.57. The number of aryl methyl sites for hydroxylation is 2. The van der Waals surface area contributed by atoms with E-state index in [2.05, 4.69) is 32.0 Å². The summed E-state index contributed by atoms with van der Waals surface area (Å²) < 4.78 is 66.7. The maximum Gasteiger partial charge on any atom is 0.410 e. The average Bonchev–Trinajstić information content (AvgIpc) is 1.51. The number of piperazine rings is 1. The maximum absolute atomic E-state index is 17.7. The normalized spacial score (nSPS) is 23.2. The lowest BCUT2D eigenvalue weighted by Gasteiger charge is -2.42. The van der Waals surface area contributed by atoms with E-state index in [0.717, 1.165) is 95.4 Å². The summed E-state index contributed by atoms with van der Waals surface area (Å²) in [7, 11) is 5.31. The Bertz CT molecular complexity index is 3540. The van der Waals surface area contributed by atoms with E-state index in [1.165, 1.54) is 17.7 Å². The monoisotopic (exact) mass is 1160 g/mol. The summed E-state index contributed by atoms with van der Waals surface area (Å²) in [5.74, 6) is -0.413. The molecular weight excluding hydrogens is 1080 g/mol. The van der Waals surface area contributed by atoms with Crippen molar-refractivity contribution in [3.8, 4) is 23.0 Å². The highest BCUT2D eigenvalue weighted by atomic mass is 19.1. The molecule has 5 atom stereocenters. The molecule has 0 aliphatic carbocycles. The summed E-state index contributed by atoms with van der Waals surface area (Å²) in [5, 5.41) is 3.96. The van der Waals surface area contributed by atoms with Crippen LogP contribution >= 0.6 is 0 Å². The highest BCUT2D eigenvalue weighted by Gasteiger charge is 2.45. The first kappa shape index (κ1) is 57.4. The molecule has 20 nitrogen and oxygen atoms in total. The van der Waals surface area contributed by atoms with Crippen LogP contribution in [0.1, 0.15) is 97.1 Å². The van der Waals surface area contributed by atoms with Crippen LogP contribution in [0.2, 0.25) is 0 Å². The van der Waals surface area contributed by atoms with Gasteiger partial charge in [0.2, 0.25) is 11.8 Å². The minimum Gasteiger partial charge on any atom is -0.468 e. The zero-order valence-corrected chi connectivity index (χ0v) is 49.2. The second kappa shape index (κ2) is 23.5. The third-order valence-corrected chi connectivity index (χ3v) is 18.2. The van der Waals surface area contributed by atoms with Gasteiger partial charge in [-0.3, -0.25) is 38.8 Å². The zero-order chi connectivity index (χ0) is 58.7. The highest BCUT2D eigenvalue weighted by Crippen LogP contribution is 2.42. The molecule has 6 aliphatic rings. The Hall–Kier alpha value is -7.01. The Morgan fingerprint density at radius 1 is 0.833 bits per heavy atom. The minimum absolute atomic E-state index is 0.00862. The van der Waals surface area contributed by atoms with Crippen molar-refractivity contribution in [2.24, 2.45) is 13.0 Å². The number of likely N-dealkylation sites (tertiary alicyclic amines) is 2. The van der Waals surface area contributed by atoms with E-state index >= 15 is 8.78 Å². The Kier molecular flexibility index (Phi) is 16.0. The van der Waals surface area contributed by atoms with Gasteiger partial charge in [0.15, 0.2) is 12.6 Å². The number of hydrogen-bond donors (Lipinski definition) is 1. The summed E-state index contributed by atoms with van der Waals surface area (Å²) >= 11 is 0. The van der Waals surface area contributed by atoms with Gasteiger partial charge in [-0.15, -0.1) is 0 Å². The van der Waals surface area contributed by atoms with Gasteiger partial charge in [0.1, 0.15) is 46.8 Å². The number of benzene rings is 3. The van der Waals surface area contributed by atoms with E-state index in [1.54, 1.807) is 36.0 Å². The molecule has 9 heterocycles. The van der Waals surface area contributed by atoms with Crippen LogP contribution in [0.4, 0.5) is 25.1 Å². The summed E-state index contributed by atoms with van der Waals surface area (Å²) in [4.78, 5) is 77.1. The van der Waals surface area contributed by atoms with Gasteiger partial charge in [-0.25, -0.2) is 18.4 Å². The van der Waals surface area contributed by atoms with E-state index in [0.29, 0.717) is 76.2 Å². The second-order valence-electron chi connectivity index (χ2n) is 24.9. The molecule has 3 amide bonds. The number of rotatable bonds is 15. The summed E-state index contributed by atoms with van der Waals surface area (Å²) in [6, 6.07) is 11.5. The molecule has 448 valence electrons. The number of imidazole rings is 1. The standard InChI is InChI=1S/C62H77F2N11O9/c1-8-45-48(63)13-9-37-25-43(82-35-80-7)28-46(53(37)45)55-54(64)56-47(29-65-55)57(73-31-39-10-11-40(32-73)74(39)61(79)84-62(2,3)4)68-59(67-56)81-34-41-26-44(33-69(41)5)83-42-19-21-71(22-20-42)30-36-17-23-72(24-18-36)38-12-14-49-51(27-38)70(6)60(78)75(49)50-15-16-52(76)66-58(50)77/h9,12-14,25,27-29,36,39-42,44,50H,8,10-11,15-24,26,30-35H2,1-7H3,(H,66,76,77)/t39?,40?,41-,44+,50?/m0/s1. The van der Waals surface area contributed by atoms with Crippen LogP contribution in [0.3, 0.4) is 0 Å². The topological polar surface area (TPSA) is 191 Å². The van der Waals surface area contributed by atoms with Crippen molar-refractivity contribution in [1.29, 1.82) is 0 Å². The van der Waals surface area contributed by atoms with Gasteiger partial charge in [-0.1, -0.05) is 13.0 Å². The van der Waals surface area contributed by atoms with Gasteiger partial charge in [-0.05, 0) is 144 Å². The number of aromatic nitrogens is 5. The number of fused-ring (bicyclic) bond motifs is 5. The molecule has 0 saturated carbocycles. The molecule has 6 aromatic rings. The molecule has 1 N–H and O–H groups in total. The van der Waals surface area contributed by atoms with Crippen molar-refractivity contribution >= 4 is 62.1 Å². The number of pyridine rings is 1. The fraction of sp³-hybridized carbons (Fsp3) is 0.565. The highest BCUT2D eigenvalue weighted by molar-refractivity contribution is 6.02. The van der Waals surface area contributed by atoms with Crippen molar-refractivity contribution in [2.75, 3.05) is 89.7 Å². The second-order valence-corrected chi connectivity index (χ2v) is 24.9. The van der Waals surface area contributed by atoms with Gasteiger partial charge < -0.3 is 38.4 Å². The number of amides is 3. The van der Waals surface area contributed by atoms with E-state index in [9.17, 15) is 19.2 Å². The van der Waals surface area contributed by atoms with Gasteiger partial charge in [0.25, 0.3) is 0 Å². The van der Waals surface area contributed by atoms with Crippen LogP contribution in [0.15, 0.2) is 53.5 Å². The van der Waals surface area contributed by atoms with Crippen LogP contribution in [0.5, 0.6) is 11.8 Å². The van der Waals surface area contributed by atoms with Crippen molar-refractivity contribution in [1.82, 2.24) is 44.1 Å². The fourth-order valence-corrected chi connectivity index (χ4v) is 13.9. The van der Waals surface area contributed by atoms with Gasteiger partial charge in [-0.2, -0.15) is 9.97 Å². The van der Waals surface area contributed by atoms with E-state index in [1.807, 2.05) is 50.8 Å². The third kappa shape index (κ3) is 11.4. The fourth-order valence-electron chi connectivity index (χ4n) is 13.9. The number of carbonyl (C=O) groups is 3. The molecule has 22 heteroatoms. The molecule has 3 aromatic heterocycles. The number of nitrogens with one attached hydrogen (secondary N) is 1. The molecule has 84 heavy (non-hydrogen) atoms. The number of piperidine rings is 3. The molecule has 6 saturated heterocycles. The lowest BCUT2D eigenvalue weighted by molar-refractivity contribution is -0.135. The number of halogens is 2. The SMILES string of the molecule is CCc1c(F)ccc2cc(OCOC)cc(-c3ncc4c(N5CC6CCC(C5)N6C(=O)OC(C)(C)C)nc(OC[C@@H]5C[C@@H](OC6CCN(CC7CCN(c8ccc9c(c8)n(C)c(=O)n9C8CCC(=O)NC8=O)CC7)CC6)CN5C)nc4c3F)c12. The molecule has 3 aromatic carbocycles. The number of methoxy groups -OCH3 is 1. The smallest absolute Gasteiger partial charge is 0.410 e. The number of carbonyl (C=O) groups excluding carboxylic acids is 3. The Labute approximate surface area is 487 Å². The summed E-state index contributed by atoms with van der Waals surface area (Å²) in [6.45, 7) is 14.1. The molecular formula is C62H77F2N11O9. The number of hydrogen-bond acceptors (Lipinski definition) is 16. The van der Waals surface area contributed by atoms with Crippen LogP contribution < -0.4 is 30.3 Å². The molecule has 6 fully saturated rings.